The van der Waals surface area contributed by atoms with Crippen LogP contribution in [0.1, 0.15) is 88.3 Å². The second-order valence-electron chi connectivity index (χ2n) is 7.25. The van der Waals surface area contributed by atoms with Gasteiger partial charge in [-0.25, -0.2) is 0 Å². The number of amides is 2. The van der Waals surface area contributed by atoms with Gasteiger partial charge in [-0.2, -0.15) is 0 Å². The van der Waals surface area contributed by atoms with Gasteiger partial charge in [-0.05, 0) is 44.2 Å². The van der Waals surface area contributed by atoms with Crippen molar-refractivity contribution >= 4 is 28.2 Å². The minimum atomic E-state index is -0.459. The van der Waals surface area contributed by atoms with Crippen molar-refractivity contribution in [2.45, 2.75) is 71.1 Å². The zero-order valence-electron chi connectivity index (χ0n) is 15.9. The van der Waals surface area contributed by atoms with E-state index in [9.17, 15) is 9.59 Å². The van der Waals surface area contributed by atoms with Crippen molar-refractivity contribution in [2.24, 2.45) is 5.73 Å². The first-order valence-electron chi connectivity index (χ1n) is 9.87. The molecule has 0 unspecified atom stereocenters. The highest BCUT2D eigenvalue weighted by Crippen LogP contribution is 2.36. The predicted molar refractivity (Wildman–Crippen MR) is 109 cm³/mol. The molecule has 0 saturated heterocycles. The lowest BCUT2D eigenvalue weighted by molar-refractivity contribution is 0.100. The van der Waals surface area contributed by atoms with Gasteiger partial charge in [0.05, 0.1) is 17.4 Å². The Kier molecular flexibility index (Phi) is 6.72. The van der Waals surface area contributed by atoms with Gasteiger partial charge in [-0.3, -0.25) is 9.59 Å². The number of thiophene rings is 1. The van der Waals surface area contributed by atoms with Crippen molar-refractivity contribution in [2.75, 3.05) is 5.32 Å². The molecule has 2 heterocycles. The molecule has 0 fully saturated rings. The molecule has 0 aliphatic heterocycles. The van der Waals surface area contributed by atoms with Crippen molar-refractivity contribution in [3.8, 4) is 0 Å². The van der Waals surface area contributed by atoms with E-state index in [0.717, 1.165) is 31.2 Å². The Hall–Kier alpha value is -2.08. The topological polar surface area (TPSA) is 85.3 Å². The van der Waals surface area contributed by atoms with Crippen LogP contribution in [0.25, 0.3) is 0 Å². The Morgan fingerprint density at radius 2 is 1.67 bits per heavy atom. The third-order valence-electron chi connectivity index (χ3n) is 5.25. The molecule has 0 atom stereocenters. The quantitative estimate of drug-likeness (QED) is 0.756. The van der Waals surface area contributed by atoms with Crippen LogP contribution in [0.3, 0.4) is 0 Å². The summed E-state index contributed by atoms with van der Waals surface area (Å²) in [5, 5.41) is 3.48. The minimum Gasteiger partial charge on any atom is -0.469 e. The SMILES string of the molecule is Cc1occc1C(=O)Nc1sc2c(c1C(N)=O)CCCCCCCCCC2. The largest absolute Gasteiger partial charge is 0.469 e. The molecule has 6 heteroatoms. The molecule has 3 N–H and O–H groups in total. The summed E-state index contributed by atoms with van der Waals surface area (Å²) >= 11 is 1.51. The summed E-state index contributed by atoms with van der Waals surface area (Å²) in [6.07, 6.45) is 13.0. The van der Waals surface area contributed by atoms with Gasteiger partial charge < -0.3 is 15.5 Å². The molecule has 0 aromatic carbocycles. The molecule has 1 aliphatic carbocycles. The predicted octanol–water partition coefficient (Wildman–Crippen LogP) is 5.22. The molecule has 3 rings (SSSR count). The fourth-order valence-electron chi connectivity index (χ4n) is 3.77. The maximum absolute atomic E-state index is 12.6. The number of primary amides is 1. The zero-order valence-corrected chi connectivity index (χ0v) is 16.8. The first-order valence-corrected chi connectivity index (χ1v) is 10.7. The fourth-order valence-corrected chi connectivity index (χ4v) is 5.06. The minimum absolute atomic E-state index is 0.263. The standard InChI is InChI=1S/C21H28N2O3S/c1-14-15(12-13-26-14)20(25)23-21-18(19(22)24)16-10-8-6-4-2-3-5-7-9-11-17(16)27-21/h12-13H,2-11H2,1H3,(H2,22,24)(H,23,25). The van der Waals surface area contributed by atoms with Gasteiger partial charge in [0.15, 0.2) is 0 Å². The van der Waals surface area contributed by atoms with Crippen LogP contribution in [-0.4, -0.2) is 11.8 Å². The number of carbonyl (C=O) groups is 2. The van der Waals surface area contributed by atoms with E-state index in [4.69, 9.17) is 10.2 Å². The van der Waals surface area contributed by atoms with E-state index < -0.39 is 5.91 Å². The summed E-state index contributed by atoms with van der Waals surface area (Å²) in [5.74, 6) is -0.164. The van der Waals surface area contributed by atoms with E-state index in [1.54, 1.807) is 13.0 Å². The molecular formula is C21H28N2O3S. The van der Waals surface area contributed by atoms with Crippen LogP contribution < -0.4 is 11.1 Å². The molecule has 5 nitrogen and oxygen atoms in total. The molecule has 0 bridgehead atoms. The number of hydrogen-bond acceptors (Lipinski definition) is 4. The van der Waals surface area contributed by atoms with Crippen molar-refractivity contribution in [3.05, 3.63) is 39.7 Å². The van der Waals surface area contributed by atoms with Crippen LogP contribution in [0, 0.1) is 6.92 Å². The average Bonchev–Trinajstić information content (AvgIpc) is 3.18. The first kappa shape index (κ1) is 19.7. The van der Waals surface area contributed by atoms with Gasteiger partial charge in [-0.15, -0.1) is 11.3 Å². The third kappa shape index (κ3) is 4.80. The number of furan rings is 1. The van der Waals surface area contributed by atoms with Gasteiger partial charge in [0.2, 0.25) is 0 Å². The van der Waals surface area contributed by atoms with Crippen LogP contribution >= 0.6 is 11.3 Å². The van der Waals surface area contributed by atoms with E-state index in [-0.39, 0.29) is 5.91 Å². The van der Waals surface area contributed by atoms with Gasteiger partial charge in [-0.1, -0.05) is 38.5 Å². The molecular weight excluding hydrogens is 360 g/mol. The first-order chi connectivity index (χ1) is 13.1. The molecule has 0 spiro atoms. The van der Waals surface area contributed by atoms with Crippen molar-refractivity contribution in [1.82, 2.24) is 0 Å². The molecule has 0 saturated carbocycles. The van der Waals surface area contributed by atoms with Crippen LogP contribution in [0.5, 0.6) is 0 Å². The second-order valence-corrected chi connectivity index (χ2v) is 8.35. The highest BCUT2D eigenvalue weighted by Gasteiger charge is 2.24. The fraction of sp³-hybridized carbons (Fsp3) is 0.524. The van der Waals surface area contributed by atoms with Crippen LogP contribution in [0.2, 0.25) is 0 Å². The van der Waals surface area contributed by atoms with E-state index in [1.807, 2.05) is 0 Å². The Bertz CT molecular complexity index is 806. The van der Waals surface area contributed by atoms with E-state index in [0.29, 0.717) is 21.9 Å². The van der Waals surface area contributed by atoms with Crippen molar-refractivity contribution in [3.63, 3.8) is 0 Å². The van der Waals surface area contributed by atoms with Gasteiger partial charge >= 0.3 is 0 Å². The molecule has 2 aromatic rings. The van der Waals surface area contributed by atoms with Crippen LogP contribution in [-0.2, 0) is 12.8 Å². The van der Waals surface area contributed by atoms with Gasteiger partial charge in [0.1, 0.15) is 10.8 Å². The summed E-state index contributed by atoms with van der Waals surface area (Å²) in [6, 6.07) is 1.64. The summed E-state index contributed by atoms with van der Waals surface area (Å²) in [5.41, 5.74) is 7.75. The maximum atomic E-state index is 12.6. The number of hydrogen-bond donors (Lipinski definition) is 2. The lowest BCUT2D eigenvalue weighted by Gasteiger charge is -2.09. The van der Waals surface area contributed by atoms with Gasteiger partial charge in [0.25, 0.3) is 11.8 Å². The summed E-state index contributed by atoms with van der Waals surface area (Å²) in [4.78, 5) is 26.0. The van der Waals surface area contributed by atoms with Crippen LogP contribution in [0.15, 0.2) is 16.7 Å². The van der Waals surface area contributed by atoms with Crippen LogP contribution in [0.4, 0.5) is 5.00 Å². The Labute approximate surface area is 164 Å². The lowest BCUT2D eigenvalue weighted by Crippen LogP contribution is -2.18. The third-order valence-corrected chi connectivity index (χ3v) is 6.46. The number of nitrogens with one attached hydrogen (secondary N) is 1. The molecule has 146 valence electrons. The van der Waals surface area contributed by atoms with Crippen molar-refractivity contribution in [1.29, 1.82) is 0 Å². The number of nitrogens with two attached hydrogens (primary N) is 1. The highest BCUT2D eigenvalue weighted by atomic mass is 32.1. The number of rotatable bonds is 3. The number of anilines is 1. The van der Waals surface area contributed by atoms with Gasteiger partial charge in [0, 0.05) is 4.88 Å². The maximum Gasteiger partial charge on any atom is 0.259 e. The Morgan fingerprint density at radius 1 is 1.04 bits per heavy atom. The lowest BCUT2D eigenvalue weighted by atomic mass is 9.97. The highest BCUT2D eigenvalue weighted by molar-refractivity contribution is 7.17. The van der Waals surface area contributed by atoms with E-state index >= 15 is 0 Å². The normalized spacial score (nSPS) is 16.0. The summed E-state index contributed by atoms with van der Waals surface area (Å²) in [7, 11) is 0. The number of aryl methyl sites for hydroxylation is 2. The monoisotopic (exact) mass is 388 g/mol. The Morgan fingerprint density at radius 3 is 2.26 bits per heavy atom. The second kappa shape index (κ2) is 9.22. The smallest absolute Gasteiger partial charge is 0.259 e. The zero-order chi connectivity index (χ0) is 19.2. The summed E-state index contributed by atoms with van der Waals surface area (Å²) in [6.45, 7) is 1.75. The van der Waals surface area contributed by atoms with Crippen molar-refractivity contribution < 1.29 is 14.0 Å². The van der Waals surface area contributed by atoms with E-state index in [2.05, 4.69) is 5.32 Å². The number of fused-ring (bicyclic) bond motifs is 1. The average molecular weight is 389 g/mol. The number of carbonyl (C=O) groups excluding carboxylic acids is 2. The summed E-state index contributed by atoms with van der Waals surface area (Å²) < 4.78 is 5.22. The molecule has 1 aliphatic rings. The van der Waals surface area contributed by atoms with E-state index in [1.165, 1.54) is 61.0 Å². The molecule has 27 heavy (non-hydrogen) atoms. The molecule has 2 aromatic heterocycles. The Balaban J connectivity index is 1.89. The molecule has 0 radical (unpaired) electrons. The molecule has 2 amide bonds.